The molecule has 2 atom stereocenters. The van der Waals surface area contributed by atoms with Crippen LogP contribution >= 0.6 is 0 Å². The first-order valence-electron chi connectivity index (χ1n) is 7.25. The molecule has 1 N–H and O–H groups in total. The predicted molar refractivity (Wildman–Crippen MR) is 79.5 cm³/mol. The number of piperazine rings is 1. The van der Waals surface area contributed by atoms with Crippen molar-refractivity contribution >= 4 is 6.09 Å². The maximum Gasteiger partial charge on any atom is 0.410 e. The molecule has 1 aliphatic heterocycles. The Labute approximate surface area is 125 Å². The summed E-state index contributed by atoms with van der Waals surface area (Å²) in [4.78, 5) is 14.0. The van der Waals surface area contributed by atoms with Gasteiger partial charge in [-0.15, -0.1) is 0 Å². The minimum atomic E-state index is -0.507. The van der Waals surface area contributed by atoms with Crippen molar-refractivity contribution < 1.29 is 13.9 Å². The minimum Gasteiger partial charge on any atom is -0.444 e. The molecule has 0 unspecified atom stereocenters. The number of rotatable bonds is 1. The second kappa shape index (κ2) is 6.02. The molecular formula is C16H23FN2O2. The first-order chi connectivity index (χ1) is 9.76. The molecule has 1 saturated heterocycles. The van der Waals surface area contributed by atoms with Gasteiger partial charge in [-0.3, -0.25) is 0 Å². The molecular weight excluding hydrogens is 271 g/mol. The van der Waals surface area contributed by atoms with Gasteiger partial charge in [0.05, 0.1) is 6.04 Å². The number of ether oxygens (including phenoxy) is 1. The van der Waals surface area contributed by atoms with Crippen molar-refractivity contribution in [1.82, 2.24) is 10.2 Å². The van der Waals surface area contributed by atoms with Crippen LogP contribution in [0.2, 0.25) is 0 Å². The Morgan fingerprint density at radius 3 is 2.52 bits per heavy atom. The number of nitrogens with one attached hydrogen (secondary N) is 1. The maximum absolute atomic E-state index is 13.0. The standard InChI is InChI=1S/C16H23FN2O2/c1-11-9-18-14(12-5-7-13(17)8-6-12)10-19(11)15(20)21-16(2,3)4/h5-8,11,14,18H,9-10H2,1-4H3/t11-,14+/m0/s1. The van der Waals surface area contributed by atoms with Crippen LogP contribution in [0.5, 0.6) is 0 Å². The van der Waals surface area contributed by atoms with Crippen LogP contribution in [0, 0.1) is 5.82 Å². The molecule has 4 nitrogen and oxygen atoms in total. The summed E-state index contributed by atoms with van der Waals surface area (Å²) < 4.78 is 18.5. The Balaban J connectivity index is 2.08. The van der Waals surface area contributed by atoms with E-state index in [0.29, 0.717) is 13.1 Å². The number of halogens is 1. The van der Waals surface area contributed by atoms with Crippen LogP contribution in [0.3, 0.4) is 0 Å². The molecule has 1 aliphatic rings. The van der Waals surface area contributed by atoms with E-state index >= 15 is 0 Å². The monoisotopic (exact) mass is 294 g/mol. The largest absolute Gasteiger partial charge is 0.444 e. The highest BCUT2D eigenvalue weighted by molar-refractivity contribution is 5.68. The molecule has 21 heavy (non-hydrogen) atoms. The average molecular weight is 294 g/mol. The van der Waals surface area contributed by atoms with E-state index in [1.54, 1.807) is 17.0 Å². The molecule has 0 radical (unpaired) electrons. The van der Waals surface area contributed by atoms with E-state index in [0.717, 1.165) is 5.56 Å². The lowest BCUT2D eigenvalue weighted by Crippen LogP contribution is -2.54. The fraction of sp³-hybridized carbons (Fsp3) is 0.562. The van der Waals surface area contributed by atoms with Crippen molar-refractivity contribution in [3.05, 3.63) is 35.6 Å². The molecule has 2 rings (SSSR count). The summed E-state index contributed by atoms with van der Waals surface area (Å²) in [6.07, 6.45) is -0.302. The second-order valence-electron chi connectivity index (χ2n) is 6.49. The van der Waals surface area contributed by atoms with Crippen LogP contribution in [0.25, 0.3) is 0 Å². The van der Waals surface area contributed by atoms with E-state index in [1.807, 2.05) is 27.7 Å². The van der Waals surface area contributed by atoms with Crippen molar-refractivity contribution in [1.29, 1.82) is 0 Å². The molecule has 0 bridgehead atoms. The number of amides is 1. The van der Waals surface area contributed by atoms with Gasteiger partial charge in [-0.2, -0.15) is 0 Å². The van der Waals surface area contributed by atoms with Gasteiger partial charge in [-0.25, -0.2) is 9.18 Å². The van der Waals surface area contributed by atoms with Gasteiger partial charge in [0, 0.05) is 19.1 Å². The van der Waals surface area contributed by atoms with E-state index in [1.165, 1.54) is 12.1 Å². The zero-order valence-electron chi connectivity index (χ0n) is 13.0. The number of carbonyl (C=O) groups is 1. The van der Waals surface area contributed by atoms with Crippen molar-refractivity contribution in [3.63, 3.8) is 0 Å². The van der Waals surface area contributed by atoms with Crippen molar-refractivity contribution in [2.24, 2.45) is 0 Å². The number of benzene rings is 1. The molecule has 0 saturated carbocycles. The third-order valence-electron chi connectivity index (χ3n) is 3.47. The SMILES string of the molecule is C[C@H]1CN[C@@H](c2ccc(F)cc2)CN1C(=O)OC(C)(C)C. The van der Waals surface area contributed by atoms with Gasteiger partial charge in [-0.05, 0) is 45.4 Å². The van der Waals surface area contributed by atoms with Gasteiger partial charge < -0.3 is 15.0 Å². The van der Waals surface area contributed by atoms with Crippen LogP contribution in [-0.2, 0) is 4.74 Å². The summed E-state index contributed by atoms with van der Waals surface area (Å²) >= 11 is 0. The van der Waals surface area contributed by atoms with Gasteiger partial charge in [0.2, 0.25) is 0 Å². The Bertz CT molecular complexity index is 496. The highest BCUT2D eigenvalue weighted by Crippen LogP contribution is 2.22. The van der Waals surface area contributed by atoms with Gasteiger partial charge in [0.15, 0.2) is 0 Å². The number of hydrogen-bond donors (Lipinski definition) is 1. The summed E-state index contributed by atoms with van der Waals surface area (Å²) in [7, 11) is 0. The summed E-state index contributed by atoms with van der Waals surface area (Å²) in [5, 5.41) is 3.38. The van der Waals surface area contributed by atoms with Gasteiger partial charge in [0.25, 0.3) is 0 Å². The van der Waals surface area contributed by atoms with Gasteiger partial charge in [0.1, 0.15) is 11.4 Å². The van der Waals surface area contributed by atoms with E-state index < -0.39 is 5.60 Å². The Morgan fingerprint density at radius 1 is 1.33 bits per heavy atom. The van der Waals surface area contributed by atoms with Crippen LogP contribution in [-0.4, -0.2) is 35.7 Å². The van der Waals surface area contributed by atoms with E-state index in [-0.39, 0.29) is 24.0 Å². The molecule has 1 aromatic carbocycles. The van der Waals surface area contributed by atoms with Crippen LogP contribution in [0.15, 0.2) is 24.3 Å². The van der Waals surface area contributed by atoms with Gasteiger partial charge in [-0.1, -0.05) is 12.1 Å². The average Bonchev–Trinajstić information content (AvgIpc) is 2.38. The summed E-state index contributed by atoms with van der Waals surface area (Å²) in [5.74, 6) is -0.257. The molecule has 0 aliphatic carbocycles. The third-order valence-corrected chi connectivity index (χ3v) is 3.47. The number of carbonyl (C=O) groups excluding carboxylic acids is 1. The lowest BCUT2D eigenvalue weighted by molar-refractivity contribution is 0.00957. The summed E-state index contributed by atoms with van der Waals surface area (Å²) in [6.45, 7) is 8.75. The Kier molecular flexibility index (Phi) is 4.52. The quantitative estimate of drug-likeness (QED) is 0.865. The highest BCUT2D eigenvalue weighted by Gasteiger charge is 2.32. The lowest BCUT2D eigenvalue weighted by atomic mass is 10.0. The molecule has 1 aromatic rings. The molecule has 0 spiro atoms. The van der Waals surface area contributed by atoms with Crippen molar-refractivity contribution in [2.75, 3.05) is 13.1 Å². The van der Waals surface area contributed by atoms with Crippen LogP contribution in [0.1, 0.15) is 39.3 Å². The highest BCUT2D eigenvalue weighted by atomic mass is 19.1. The fourth-order valence-corrected chi connectivity index (χ4v) is 2.36. The Morgan fingerprint density at radius 2 is 1.95 bits per heavy atom. The fourth-order valence-electron chi connectivity index (χ4n) is 2.36. The first-order valence-corrected chi connectivity index (χ1v) is 7.25. The summed E-state index contributed by atoms with van der Waals surface area (Å²) in [5.41, 5.74) is 0.462. The molecule has 1 amide bonds. The molecule has 1 heterocycles. The first kappa shape index (κ1) is 15.8. The van der Waals surface area contributed by atoms with Gasteiger partial charge >= 0.3 is 6.09 Å². The Hall–Kier alpha value is -1.62. The van der Waals surface area contributed by atoms with E-state index in [2.05, 4.69) is 5.32 Å². The van der Waals surface area contributed by atoms with Crippen LogP contribution in [0.4, 0.5) is 9.18 Å². The van der Waals surface area contributed by atoms with Crippen LogP contribution < -0.4 is 5.32 Å². The van der Waals surface area contributed by atoms with E-state index in [4.69, 9.17) is 4.74 Å². The molecule has 0 aromatic heterocycles. The van der Waals surface area contributed by atoms with Crippen molar-refractivity contribution in [3.8, 4) is 0 Å². The zero-order chi connectivity index (χ0) is 15.6. The topological polar surface area (TPSA) is 41.6 Å². The lowest BCUT2D eigenvalue weighted by Gasteiger charge is -2.39. The maximum atomic E-state index is 13.0. The third kappa shape index (κ3) is 4.17. The minimum absolute atomic E-state index is 0.00526. The van der Waals surface area contributed by atoms with E-state index in [9.17, 15) is 9.18 Å². The zero-order valence-corrected chi connectivity index (χ0v) is 13.0. The summed E-state index contributed by atoms with van der Waals surface area (Å²) in [6, 6.07) is 6.43. The molecule has 116 valence electrons. The smallest absolute Gasteiger partial charge is 0.410 e. The second-order valence-corrected chi connectivity index (χ2v) is 6.49. The van der Waals surface area contributed by atoms with Crippen molar-refractivity contribution in [2.45, 2.75) is 45.4 Å². The predicted octanol–water partition coefficient (Wildman–Crippen LogP) is 3.10. The molecule has 1 fully saturated rings. The normalized spacial score (nSPS) is 23.0. The number of hydrogen-bond acceptors (Lipinski definition) is 3. The number of nitrogens with zero attached hydrogens (tertiary/aromatic N) is 1. The molecule has 5 heteroatoms.